The van der Waals surface area contributed by atoms with E-state index >= 15 is 0 Å². The highest BCUT2D eigenvalue weighted by atomic mass is 32.2. The molecule has 0 unspecified atom stereocenters. The third kappa shape index (κ3) is 5.46. The molecule has 1 aromatic heterocycles. The zero-order valence-electron chi connectivity index (χ0n) is 17.2. The van der Waals surface area contributed by atoms with E-state index in [1.807, 2.05) is 4.90 Å². The fourth-order valence-corrected chi connectivity index (χ4v) is 5.67. The van der Waals surface area contributed by atoms with Gasteiger partial charge in [0.05, 0.1) is 0 Å². The van der Waals surface area contributed by atoms with Crippen molar-refractivity contribution in [2.45, 2.75) is 43.4 Å². The maximum atomic E-state index is 13.2. The zero-order chi connectivity index (χ0) is 20.7. The van der Waals surface area contributed by atoms with Gasteiger partial charge in [0.2, 0.25) is 15.9 Å². The molecule has 0 saturated carbocycles. The molecule has 162 valence electrons. The standard InChI is InChI=1S/C20H32N4O4S/c1-28-16-6-11-22-20(25)17-8-14-23(15-9-17)19-18(7-5-10-21-19)29(26,27)24-12-3-2-4-13-24/h5,7,10,17H,2-4,6,8-9,11-16H2,1H3,(H,22,25). The summed E-state index contributed by atoms with van der Waals surface area (Å²) in [6, 6.07) is 3.33. The molecule has 2 aliphatic heterocycles. The van der Waals surface area contributed by atoms with Crippen molar-refractivity contribution in [2.24, 2.45) is 5.92 Å². The molecule has 2 aliphatic rings. The first-order valence-electron chi connectivity index (χ1n) is 10.5. The molecule has 0 bridgehead atoms. The summed E-state index contributed by atoms with van der Waals surface area (Å²) < 4.78 is 32.9. The minimum Gasteiger partial charge on any atom is -0.385 e. The van der Waals surface area contributed by atoms with E-state index in [9.17, 15) is 13.2 Å². The van der Waals surface area contributed by atoms with Crippen molar-refractivity contribution in [3.8, 4) is 0 Å². The molecule has 0 aromatic carbocycles. The Morgan fingerprint density at radius 3 is 2.62 bits per heavy atom. The predicted octanol–water partition coefficient (Wildman–Crippen LogP) is 1.63. The second kappa shape index (κ2) is 10.4. The summed E-state index contributed by atoms with van der Waals surface area (Å²) in [5.74, 6) is 0.541. The summed E-state index contributed by atoms with van der Waals surface area (Å²) in [4.78, 5) is 19.0. The van der Waals surface area contributed by atoms with E-state index in [-0.39, 0.29) is 16.7 Å². The third-order valence-electron chi connectivity index (χ3n) is 5.67. The van der Waals surface area contributed by atoms with Gasteiger partial charge in [-0.2, -0.15) is 4.31 Å². The van der Waals surface area contributed by atoms with Crippen molar-refractivity contribution in [3.63, 3.8) is 0 Å². The third-order valence-corrected chi connectivity index (χ3v) is 7.59. The van der Waals surface area contributed by atoms with E-state index in [1.54, 1.807) is 29.7 Å². The van der Waals surface area contributed by atoms with Crippen LogP contribution in [0.25, 0.3) is 0 Å². The van der Waals surface area contributed by atoms with Gasteiger partial charge >= 0.3 is 0 Å². The van der Waals surface area contributed by atoms with Crippen molar-refractivity contribution >= 4 is 21.7 Å². The molecule has 0 aliphatic carbocycles. The van der Waals surface area contributed by atoms with Crippen LogP contribution in [-0.4, -0.2) is 70.1 Å². The monoisotopic (exact) mass is 424 g/mol. The fourth-order valence-electron chi connectivity index (χ4n) is 3.99. The van der Waals surface area contributed by atoms with Gasteiger partial charge in [0.15, 0.2) is 0 Å². The van der Waals surface area contributed by atoms with Gasteiger partial charge in [-0.3, -0.25) is 4.79 Å². The average molecular weight is 425 g/mol. The molecule has 3 heterocycles. The number of amides is 1. The lowest BCUT2D eigenvalue weighted by atomic mass is 9.96. The Morgan fingerprint density at radius 2 is 1.93 bits per heavy atom. The lowest BCUT2D eigenvalue weighted by Crippen LogP contribution is -2.42. The van der Waals surface area contributed by atoms with Crippen LogP contribution in [0.2, 0.25) is 0 Å². The van der Waals surface area contributed by atoms with Crippen molar-refractivity contribution in [2.75, 3.05) is 51.3 Å². The minimum atomic E-state index is -3.55. The summed E-state index contributed by atoms with van der Waals surface area (Å²) in [5, 5.41) is 2.96. The number of methoxy groups -OCH3 is 1. The SMILES string of the molecule is COCCCNC(=O)C1CCN(c2ncccc2S(=O)(=O)N2CCCCC2)CC1. The van der Waals surface area contributed by atoms with E-state index in [0.717, 1.165) is 25.7 Å². The number of rotatable bonds is 8. The molecule has 29 heavy (non-hydrogen) atoms. The number of piperidine rings is 2. The minimum absolute atomic E-state index is 0.0420. The van der Waals surface area contributed by atoms with Crippen LogP contribution >= 0.6 is 0 Å². The summed E-state index contributed by atoms with van der Waals surface area (Å²) >= 11 is 0. The molecule has 1 N–H and O–H groups in total. The van der Waals surface area contributed by atoms with Gasteiger partial charge in [0.1, 0.15) is 10.7 Å². The Morgan fingerprint density at radius 1 is 1.21 bits per heavy atom. The van der Waals surface area contributed by atoms with Gasteiger partial charge in [0, 0.05) is 58.6 Å². The Kier molecular flexibility index (Phi) is 7.85. The van der Waals surface area contributed by atoms with Crippen molar-refractivity contribution < 1.29 is 17.9 Å². The largest absolute Gasteiger partial charge is 0.385 e. The van der Waals surface area contributed by atoms with Crippen LogP contribution in [0, 0.1) is 5.92 Å². The van der Waals surface area contributed by atoms with Crippen LogP contribution in [0.4, 0.5) is 5.82 Å². The number of aromatic nitrogens is 1. The zero-order valence-corrected chi connectivity index (χ0v) is 18.0. The summed E-state index contributed by atoms with van der Waals surface area (Å²) in [7, 11) is -1.90. The van der Waals surface area contributed by atoms with Crippen LogP contribution in [0.3, 0.4) is 0 Å². The number of nitrogens with zero attached hydrogens (tertiary/aromatic N) is 3. The number of nitrogens with one attached hydrogen (secondary N) is 1. The second-order valence-corrected chi connectivity index (χ2v) is 9.59. The van der Waals surface area contributed by atoms with Crippen molar-refractivity contribution in [3.05, 3.63) is 18.3 Å². The maximum Gasteiger partial charge on any atom is 0.246 e. The molecule has 8 nitrogen and oxygen atoms in total. The van der Waals surface area contributed by atoms with Gasteiger partial charge in [0.25, 0.3) is 0 Å². The maximum absolute atomic E-state index is 13.2. The smallest absolute Gasteiger partial charge is 0.246 e. The number of carbonyl (C=O) groups is 1. The lowest BCUT2D eigenvalue weighted by molar-refractivity contribution is -0.125. The van der Waals surface area contributed by atoms with Gasteiger partial charge in [-0.05, 0) is 44.2 Å². The van der Waals surface area contributed by atoms with E-state index in [4.69, 9.17) is 4.74 Å². The number of ether oxygens (including phenoxy) is 1. The molecule has 0 spiro atoms. The lowest BCUT2D eigenvalue weighted by Gasteiger charge is -2.34. The molecular weight excluding hydrogens is 392 g/mol. The van der Waals surface area contributed by atoms with E-state index in [1.165, 1.54) is 0 Å². The first-order valence-corrected chi connectivity index (χ1v) is 11.9. The highest BCUT2D eigenvalue weighted by Gasteiger charge is 2.32. The first kappa shape index (κ1) is 22.0. The molecule has 1 amide bonds. The summed E-state index contributed by atoms with van der Waals surface area (Å²) in [6.07, 6.45) is 6.70. The van der Waals surface area contributed by atoms with E-state index in [2.05, 4.69) is 10.3 Å². The van der Waals surface area contributed by atoms with E-state index < -0.39 is 10.0 Å². The Labute approximate surface area is 173 Å². The number of hydrogen-bond donors (Lipinski definition) is 1. The predicted molar refractivity (Wildman–Crippen MR) is 111 cm³/mol. The molecule has 1 aromatic rings. The number of pyridine rings is 1. The normalized spacial score (nSPS) is 19.3. The van der Waals surface area contributed by atoms with Crippen LogP contribution in [0.15, 0.2) is 23.2 Å². The highest BCUT2D eigenvalue weighted by molar-refractivity contribution is 7.89. The summed E-state index contributed by atoms with van der Waals surface area (Å²) in [6.45, 7) is 3.63. The van der Waals surface area contributed by atoms with E-state index in [0.29, 0.717) is 58.0 Å². The molecule has 3 rings (SSSR count). The first-order chi connectivity index (χ1) is 14.0. The van der Waals surface area contributed by atoms with Gasteiger partial charge < -0.3 is 15.0 Å². The number of sulfonamides is 1. The van der Waals surface area contributed by atoms with Crippen LogP contribution in [0.1, 0.15) is 38.5 Å². The molecule has 0 radical (unpaired) electrons. The number of hydrogen-bond acceptors (Lipinski definition) is 6. The molecule has 2 saturated heterocycles. The van der Waals surface area contributed by atoms with Crippen LogP contribution < -0.4 is 10.2 Å². The quantitative estimate of drug-likeness (QED) is 0.638. The fraction of sp³-hybridized carbons (Fsp3) is 0.700. The summed E-state index contributed by atoms with van der Waals surface area (Å²) in [5.41, 5.74) is 0. The van der Waals surface area contributed by atoms with Crippen molar-refractivity contribution in [1.29, 1.82) is 0 Å². The van der Waals surface area contributed by atoms with Gasteiger partial charge in [-0.25, -0.2) is 13.4 Å². The second-order valence-electron chi connectivity index (χ2n) is 7.69. The Hall–Kier alpha value is -1.71. The van der Waals surface area contributed by atoms with Gasteiger partial charge in [-0.15, -0.1) is 0 Å². The molecule has 9 heteroatoms. The van der Waals surface area contributed by atoms with Gasteiger partial charge in [-0.1, -0.05) is 6.42 Å². The Bertz CT molecular complexity index is 772. The molecule has 2 fully saturated rings. The molecular formula is C20H32N4O4S. The van der Waals surface area contributed by atoms with Crippen LogP contribution in [0.5, 0.6) is 0 Å². The highest BCUT2D eigenvalue weighted by Crippen LogP contribution is 2.30. The van der Waals surface area contributed by atoms with Crippen molar-refractivity contribution in [1.82, 2.24) is 14.6 Å². The Balaban J connectivity index is 1.63. The molecule has 0 atom stereocenters. The topological polar surface area (TPSA) is 91.8 Å². The number of anilines is 1. The number of carbonyl (C=O) groups excluding carboxylic acids is 1. The van der Waals surface area contributed by atoms with Crippen LogP contribution in [-0.2, 0) is 19.6 Å². The average Bonchev–Trinajstić information content (AvgIpc) is 2.77.